The summed E-state index contributed by atoms with van der Waals surface area (Å²) in [6.45, 7) is 12.8. The fourth-order valence-corrected chi connectivity index (χ4v) is 2.15. The maximum Gasteiger partial charge on any atom is 0.306 e. The van der Waals surface area contributed by atoms with Gasteiger partial charge in [0.25, 0.3) is 0 Å². The zero-order valence-electron chi connectivity index (χ0n) is 11.4. The molecule has 0 aliphatic rings. The highest BCUT2D eigenvalue weighted by molar-refractivity contribution is 5.70. The first-order valence-corrected chi connectivity index (χ1v) is 6.23. The van der Waals surface area contributed by atoms with Crippen LogP contribution >= 0.6 is 0 Å². The number of hydrogen-bond acceptors (Lipinski definition) is 2. The Balaban J connectivity index is 4.74. The van der Waals surface area contributed by atoms with Gasteiger partial charge in [-0.05, 0) is 17.8 Å². The van der Waals surface area contributed by atoms with Crippen LogP contribution in [-0.4, -0.2) is 13.1 Å². The van der Waals surface area contributed by atoms with Crippen molar-refractivity contribution in [2.45, 2.75) is 47.0 Å². The van der Waals surface area contributed by atoms with E-state index >= 15 is 0 Å². The van der Waals surface area contributed by atoms with Crippen LogP contribution in [0, 0.1) is 17.8 Å². The molecule has 0 fully saturated rings. The van der Waals surface area contributed by atoms with E-state index in [1.165, 1.54) is 12.7 Å². The predicted molar refractivity (Wildman–Crippen MR) is 68.2 cm³/mol. The van der Waals surface area contributed by atoms with Crippen molar-refractivity contribution in [1.82, 2.24) is 0 Å². The van der Waals surface area contributed by atoms with E-state index < -0.39 is 0 Å². The third kappa shape index (κ3) is 4.38. The maximum absolute atomic E-state index is 11.4. The lowest BCUT2D eigenvalue weighted by atomic mass is 9.77. The quantitative estimate of drug-likeness (QED) is 0.487. The molecular weight excluding hydrogens is 200 g/mol. The van der Waals surface area contributed by atoms with Crippen molar-refractivity contribution in [3.05, 3.63) is 12.2 Å². The molecule has 0 N–H and O–H groups in total. The minimum absolute atomic E-state index is 0.126. The van der Waals surface area contributed by atoms with Crippen molar-refractivity contribution in [3.63, 3.8) is 0 Å². The van der Waals surface area contributed by atoms with Crippen LogP contribution in [0.5, 0.6) is 0 Å². The first-order valence-electron chi connectivity index (χ1n) is 6.23. The van der Waals surface area contributed by atoms with E-state index in [-0.39, 0.29) is 11.9 Å². The lowest BCUT2D eigenvalue weighted by molar-refractivity contribution is -0.141. The SMILES string of the molecule is C=C(C(C)C)C(CC(=O)OC)C(CC)CC. The largest absolute Gasteiger partial charge is 0.469 e. The molecule has 0 aliphatic heterocycles. The highest BCUT2D eigenvalue weighted by atomic mass is 16.5. The highest BCUT2D eigenvalue weighted by Gasteiger charge is 2.25. The van der Waals surface area contributed by atoms with Crippen molar-refractivity contribution in [2.75, 3.05) is 7.11 Å². The Kier molecular flexibility index (Phi) is 7.11. The molecule has 0 aliphatic carbocycles. The van der Waals surface area contributed by atoms with Crippen LogP contribution in [0.3, 0.4) is 0 Å². The van der Waals surface area contributed by atoms with E-state index in [1.54, 1.807) is 0 Å². The molecule has 0 aromatic heterocycles. The molecule has 0 saturated heterocycles. The van der Waals surface area contributed by atoms with Gasteiger partial charge in [0.1, 0.15) is 0 Å². The van der Waals surface area contributed by atoms with Crippen molar-refractivity contribution >= 4 is 5.97 Å². The monoisotopic (exact) mass is 226 g/mol. The van der Waals surface area contributed by atoms with Gasteiger partial charge in [-0.15, -0.1) is 0 Å². The summed E-state index contributed by atoms with van der Waals surface area (Å²) in [7, 11) is 1.45. The number of carbonyl (C=O) groups excluding carboxylic acids is 1. The lowest BCUT2D eigenvalue weighted by Gasteiger charge is -2.28. The van der Waals surface area contributed by atoms with Gasteiger partial charge in [-0.2, -0.15) is 0 Å². The molecule has 0 rings (SSSR count). The Morgan fingerprint density at radius 3 is 2.06 bits per heavy atom. The molecule has 0 spiro atoms. The average Bonchev–Trinajstić information content (AvgIpc) is 2.27. The zero-order valence-corrected chi connectivity index (χ0v) is 11.4. The minimum atomic E-state index is -0.126. The molecule has 1 atom stereocenters. The Morgan fingerprint density at radius 2 is 1.75 bits per heavy atom. The van der Waals surface area contributed by atoms with Gasteiger partial charge in [0.2, 0.25) is 0 Å². The van der Waals surface area contributed by atoms with E-state index in [9.17, 15) is 4.79 Å². The number of carbonyl (C=O) groups is 1. The van der Waals surface area contributed by atoms with E-state index in [0.29, 0.717) is 18.3 Å². The zero-order chi connectivity index (χ0) is 12.7. The molecule has 0 bridgehead atoms. The second-order valence-electron chi connectivity index (χ2n) is 4.69. The second kappa shape index (κ2) is 7.48. The van der Waals surface area contributed by atoms with E-state index in [4.69, 9.17) is 4.74 Å². The normalized spacial score (nSPS) is 12.9. The summed E-state index contributed by atoms with van der Waals surface area (Å²) in [6, 6.07) is 0. The van der Waals surface area contributed by atoms with Gasteiger partial charge in [-0.25, -0.2) is 0 Å². The predicted octanol–water partition coefficient (Wildman–Crippen LogP) is 3.81. The van der Waals surface area contributed by atoms with Crippen molar-refractivity contribution < 1.29 is 9.53 Å². The highest BCUT2D eigenvalue weighted by Crippen LogP contribution is 2.32. The van der Waals surface area contributed by atoms with Crippen LogP contribution in [0.25, 0.3) is 0 Å². The van der Waals surface area contributed by atoms with Crippen LogP contribution in [-0.2, 0) is 9.53 Å². The number of rotatable bonds is 7. The fraction of sp³-hybridized carbons (Fsp3) is 0.786. The van der Waals surface area contributed by atoms with Crippen molar-refractivity contribution in [2.24, 2.45) is 17.8 Å². The summed E-state index contributed by atoms with van der Waals surface area (Å²) in [4.78, 5) is 11.4. The van der Waals surface area contributed by atoms with Gasteiger partial charge in [0.15, 0.2) is 0 Å². The molecule has 2 nitrogen and oxygen atoms in total. The lowest BCUT2D eigenvalue weighted by Crippen LogP contribution is -2.22. The average molecular weight is 226 g/mol. The first kappa shape index (κ1) is 15.2. The summed E-state index contributed by atoms with van der Waals surface area (Å²) in [5.74, 6) is 1.10. The Hall–Kier alpha value is -0.790. The van der Waals surface area contributed by atoms with Crippen LogP contribution < -0.4 is 0 Å². The molecule has 2 heteroatoms. The van der Waals surface area contributed by atoms with Crippen LogP contribution in [0.1, 0.15) is 47.0 Å². The van der Waals surface area contributed by atoms with Crippen molar-refractivity contribution in [3.8, 4) is 0 Å². The number of hydrogen-bond donors (Lipinski definition) is 0. The molecule has 0 aromatic rings. The third-order valence-corrected chi connectivity index (χ3v) is 3.45. The van der Waals surface area contributed by atoms with E-state index in [2.05, 4.69) is 34.3 Å². The Labute approximate surface area is 100 Å². The molecular formula is C14H26O2. The first-order chi connectivity index (χ1) is 7.47. The van der Waals surface area contributed by atoms with Crippen molar-refractivity contribution in [1.29, 1.82) is 0 Å². The summed E-state index contributed by atoms with van der Waals surface area (Å²) < 4.78 is 4.77. The molecule has 0 amide bonds. The Morgan fingerprint density at radius 1 is 1.25 bits per heavy atom. The van der Waals surface area contributed by atoms with E-state index in [0.717, 1.165) is 12.8 Å². The van der Waals surface area contributed by atoms with E-state index in [1.807, 2.05) is 0 Å². The maximum atomic E-state index is 11.4. The van der Waals surface area contributed by atoms with Gasteiger partial charge < -0.3 is 4.74 Å². The van der Waals surface area contributed by atoms with Gasteiger partial charge in [-0.1, -0.05) is 52.7 Å². The summed E-state index contributed by atoms with van der Waals surface area (Å²) in [6.07, 6.45) is 2.65. The van der Waals surface area contributed by atoms with Gasteiger partial charge in [-0.3, -0.25) is 4.79 Å². The third-order valence-electron chi connectivity index (χ3n) is 3.45. The van der Waals surface area contributed by atoms with Crippen LogP contribution in [0.4, 0.5) is 0 Å². The molecule has 0 saturated carbocycles. The van der Waals surface area contributed by atoms with Gasteiger partial charge in [0, 0.05) is 0 Å². The van der Waals surface area contributed by atoms with Crippen LogP contribution in [0.15, 0.2) is 12.2 Å². The molecule has 94 valence electrons. The Bertz CT molecular complexity index is 227. The summed E-state index contributed by atoms with van der Waals surface area (Å²) in [5, 5.41) is 0. The van der Waals surface area contributed by atoms with Gasteiger partial charge >= 0.3 is 5.97 Å². The standard InChI is InChI=1S/C14H26O2/c1-7-12(8-2)13(9-14(15)16-6)11(5)10(3)4/h10,12-13H,5,7-9H2,1-4,6H3. The molecule has 0 aromatic carbocycles. The summed E-state index contributed by atoms with van der Waals surface area (Å²) >= 11 is 0. The van der Waals surface area contributed by atoms with Crippen LogP contribution in [0.2, 0.25) is 0 Å². The fourth-order valence-electron chi connectivity index (χ4n) is 2.15. The van der Waals surface area contributed by atoms with Gasteiger partial charge in [0.05, 0.1) is 13.5 Å². The minimum Gasteiger partial charge on any atom is -0.469 e. The topological polar surface area (TPSA) is 26.3 Å². The second-order valence-corrected chi connectivity index (χ2v) is 4.69. The molecule has 1 unspecified atom stereocenters. The molecule has 0 radical (unpaired) electrons. The smallest absolute Gasteiger partial charge is 0.306 e. The number of allylic oxidation sites excluding steroid dienone is 1. The molecule has 16 heavy (non-hydrogen) atoms. The number of ether oxygens (including phenoxy) is 1. The number of esters is 1. The summed E-state index contributed by atoms with van der Waals surface area (Å²) in [5.41, 5.74) is 1.18. The number of methoxy groups -OCH3 is 1. The molecule has 0 heterocycles.